The van der Waals surface area contributed by atoms with Gasteiger partial charge in [0.15, 0.2) is 0 Å². The van der Waals surface area contributed by atoms with Gasteiger partial charge in [0.05, 0.1) is 5.60 Å². The van der Waals surface area contributed by atoms with Crippen LogP contribution in [0.5, 0.6) is 0 Å². The van der Waals surface area contributed by atoms with E-state index in [0.717, 1.165) is 25.7 Å². The molecule has 5 nitrogen and oxygen atoms in total. The first-order valence-corrected chi connectivity index (χ1v) is 7.83. The molecule has 1 unspecified atom stereocenters. The summed E-state index contributed by atoms with van der Waals surface area (Å²) in [5.41, 5.74) is -0.165. The van der Waals surface area contributed by atoms with E-state index in [1.807, 2.05) is 6.07 Å². The molecule has 0 radical (unpaired) electrons. The Labute approximate surface area is 131 Å². The minimum atomic E-state index is -0.744. The number of benzene rings is 1. The maximum absolute atomic E-state index is 12.0. The first kappa shape index (κ1) is 16.5. The van der Waals surface area contributed by atoms with Gasteiger partial charge >= 0.3 is 0 Å². The summed E-state index contributed by atoms with van der Waals surface area (Å²) < 4.78 is 0. The van der Waals surface area contributed by atoms with Gasteiger partial charge in [-0.15, -0.1) is 0 Å². The molecule has 0 spiro atoms. The number of hydrogen-bond acceptors (Lipinski definition) is 3. The van der Waals surface area contributed by atoms with E-state index in [2.05, 4.69) is 10.6 Å². The third-order valence-electron chi connectivity index (χ3n) is 4.05. The average molecular weight is 304 g/mol. The smallest absolute Gasteiger partial charge is 0.251 e. The van der Waals surface area contributed by atoms with Crippen LogP contribution >= 0.6 is 0 Å². The number of carbonyl (C=O) groups excluding carboxylic acids is 2. The average Bonchev–Trinajstić information content (AvgIpc) is 2.93. The lowest BCUT2D eigenvalue weighted by molar-refractivity contribution is -0.122. The van der Waals surface area contributed by atoms with Crippen LogP contribution in [0.3, 0.4) is 0 Å². The van der Waals surface area contributed by atoms with Gasteiger partial charge in [0.25, 0.3) is 5.91 Å². The van der Waals surface area contributed by atoms with Crippen molar-refractivity contribution in [1.29, 1.82) is 0 Å². The largest absolute Gasteiger partial charge is 0.388 e. The predicted molar refractivity (Wildman–Crippen MR) is 84.4 cm³/mol. The molecule has 1 aliphatic rings. The highest BCUT2D eigenvalue weighted by Gasteiger charge is 2.31. The van der Waals surface area contributed by atoms with Gasteiger partial charge in [-0.2, -0.15) is 0 Å². The van der Waals surface area contributed by atoms with E-state index in [9.17, 15) is 14.7 Å². The zero-order valence-corrected chi connectivity index (χ0v) is 13.0. The van der Waals surface area contributed by atoms with Crippen LogP contribution in [0.4, 0.5) is 0 Å². The predicted octanol–water partition coefficient (Wildman–Crippen LogP) is 1.62. The van der Waals surface area contributed by atoms with Crippen LogP contribution in [0.15, 0.2) is 30.3 Å². The van der Waals surface area contributed by atoms with Gasteiger partial charge in [-0.1, -0.05) is 31.0 Å². The van der Waals surface area contributed by atoms with Crippen molar-refractivity contribution in [2.45, 2.75) is 50.7 Å². The number of aliphatic hydroxyl groups is 1. The monoisotopic (exact) mass is 304 g/mol. The minimum absolute atomic E-state index is 0.152. The van der Waals surface area contributed by atoms with Gasteiger partial charge in [0.2, 0.25) is 5.91 Å². The van der Waals surface area contributed by atoms with Crippen molar-refractivity contribution >= 4 is 11.8 Å². The number of amides is 2. The molecule has 0 saturated heterocycles. The molecule has 5 heteroatoms. The van der Waals surface area contributed by atoms with E-state index in [-0.39, 0.29) is 24.3 Å². The molecule has 1 atom stereocenters. The van der Waals surface area contributed by atoms with Crippen LogP contribution in [0.2, 0.25) is 0 Å². The highest BCUT2D eigenvalue weighted by atomic mass is 16.3. The number of hydrogen-bond donors (Lipinski definition) is 3. The summed E-state index contributed by atoms with van der Waals surface area (Å²) in [4.78, 5) is 23.9. The molecule has 2 rings (SSSR count). The maximum atomic E-state index is 12.0. The molecule has 0 bridgehead atoms. The Balaban J connectivity index is 1.73. The molecule has 0 aliphatic heterocycles. The van der Waals surface area contributed by atoms with Crippen LogP contribution in [-0.4, -0.2) is 35.1 Å². The Kier molecular flexibility index (Phi) is 5.55. The highest BCUT2D eigenvalue weighted by molar-refractivity contribution is 5.94. The van der Waals surface area contributed by atoms with Gasteiger partial charge in [0.1, 0.15) is 0 Å². The molecule has 1 fully saturated rings. The summed E-state index contributed by atoms with van der Waals surface area (Å²) in [7, 11) is 0. The Morgan fingerprint density at radius 3 is 2.50 bits per heavy atom. The Morgan fingerprint density at radius 2 is 1.86 bits per heavy atom. The van der Waals surface area contributed by atoms with Crippen molar-refractivity contribution in [1.82, 2.24) is 10.6 Å². The molecule has 120 valence electrons. The lowest BCUT2D eigenvalue weighted by atomic mass is 10.0. The summed E-state index contributed by atoms with van der Waals surface area (Å²) >= 11 is 0. The van der Waals surface area contributed by atoms with Gasteiger partial charge in [-0.25, -0.2) is 0 Å². The third kappa shape index (κ3) is 4.84. The quantitative estimate of drug-likeness (QED) is 0.747. The van der Waals surface area contributed by atoms with E-state index >= 15 is 0 Å². The maximum Gasteiger partial charge on any atom is 0.251 e. The number of rotatable bonds is 6. The summed E-state index contributed by atoms with van der Waals surface area (Å²) in [6, 6.07) is 8.66. The Hall–Kier alpha value is -1.88. The first-order chi connectivity index (χ1) is 10.5. The second-order valence-corrected chi connectivity index (χ2v) is 6.15. The zero-order chi connectivity index (χ0) is 16.0. The summed E-state index contributed by atoms with van der Waals surface area (Å²) in [5.74, 6) is -0.337. The molecule has 0 heterocycles. The fourth-order valence-corrected chi connectivity index (χ4v) is 2.77. The van der Waals surface area contributed by atoms with Crippen LogP contribution in [0.1, 0.15) is 49.4 Å². The van der Waals surface area contributed by atoms with Gasteiger partial charge in [-0.05, 0) is 31.9 Å². The third-order valence-corrected chi connectivity index (χ3v) is 4.05. The fraction of sp³-hybridized carbons (Fsp3) is 0.529. The highest BCUT2D eigenvalue weighted by Crippen LogP contribution is 2.28. The SMILES string of the molecule is CC(CC(=O)NCC1(O)CCCC1)NC(=O)c1ccccc1. The molecule has 3 N–H and O–H groups in total. The topological polar surface area (TPSA) is 78.4 Å². The van der Waals surface area contributed by atoms with E-state index in [1.165, 1.54) is 0 Å². The normalized spacial score (nSPS) is 17.7. The van der Waals surface area contributed by atoms with E-state index in [0.29, 0.717) is 12.1 Å². The van der Waals surface area contributed by atoms with Crippen molar-refractivity contribution in [3.8, 4) is 0 Å². The summed E-state index contributed by atoms with van der Waals surface area (Å²) in [6.45, 7) is 2.09. The number of carbonyl (C=O) groups is 2. The molecule has 1 aromatic rings. The summed E-state index contributed by atoms with van der Waals surface area (Å²) in [5, 5.41) is 15.8. The number of nitrogens with one attached hydrogen (secondary N) is 2. The van der Waals surface area contributed by atoms with Crippen LogP contribution in [-0.2, 0) is 4.79 Å². The molecular weight excluding hydrogens is 280 g/mol. The van der Waals surface area contributed by atoms with Crippen molar-refractivity contribution in [2.75, 3.05) is 6.54 Å². The van der Waals surface area contributed by atoms with E-state index in [1.54, 1.807) is 31.2 Å². The Morgan fingerprint density at radius 1 is 1.23 bits per heavy atom. The van der Waals surface area contributed by atoms with E-state index in [4.69, 9.17) is 0 Å². The molecule has 0 aromatic heterocycles. The van der Waals surface area contributed by atoms with Crippen molar-refractivity contribution in [3.05, 3.63) is 35.9 Å². The second kappa shape index (κ2) is 7.40. The molecular formula is C17H24N2O3. The second-order valence-electron chi connectivity index (χ2n) is 6.15. The molecule has 1 aliphatic carbocycles. The fourth-order valence-electron chi connectivity index (χ4n) is 2.77. The van der Waals surface area contributed by atoms with Crippen molar-refractivity contribution < 1.29 is 14.7 Å². The molecule has 2 amide bonds. The standard InChI is InChI=1S/C17H24N2O3/c1-13(19-16(21)14-7-3-2-4-8-14)11-15(20)18-12-17(22)9-5-6-10-17/h2-4,7-8,13,22H,5-6,9-12H2,1H3,(H,18,20)(H,19,21). The summed E-state index contributed by atoms with van der Waals surface area (Å²) in [6.07, 6.45) is 3.71. The lowest BCUT2D eigenvalue weighted by Gasteiger charge is -2.23. The van der Waals surface area contributed by atoms with Crippen LogP contribution in [0, 0.1) is 0 Å². The lowest BCUT2D eigenvalue weighted by Crippen LogP contribution is -2.43. The van der Waals surface area contributed by atoms with Gasteiger partial charge in [0, 0.05) is 24.6 Å². The molecule has 1 aromatic carbocycles. The first-order valence-electron chi connectivity index (χ1n) is 7.83. The molecule has 1 saturated carbocycles. The van der Waals surface area contributed by atoms with E-state index < -0.39 is 5.60 Å². The minimum Gasteiger partial charge on any atom is -0.388 e. The van der Waals surface area contributed by atoms with Crippen LogP contribution in [0.25, 0.3) is 0 Å². The zero-order valence-electron chi connectivity index (χ0n) is 13.0. The van der Waals surface area contributed by atoms with Crippen molar-refractivity contribution in [2.24, 2.45) is 0 Å². The van der Waals surface area contributed by atoms with Crippen molar-refractivity contribution in [3.63, 3.8) is 0 Å². The van der Waals surface area contributed by atoms with Gasteiger partial charge in [-0.3, -0.25) is 9.59 Å². The van der Waals surface area contributed by atoms with Gasteiger partial charge < -0.3 is 15.7 Å². The molecule has 22 heavy (non-hydrogen) atoms. The van der Waals surface area contributed by atoms with Crippen LogP contribution < -0.4 is 10.6 Å². The Bertz CT molecular complexity index is 510.